The van der Waals surface area contributed by atoms with Crippen molar-refractivity contribution in [2.45, 2.75) is 59.2 Å². The van der Waals surface area contributed by atoms with Crippen LogP contribution in [-0.4, -0.2) is 24.0 Å². The molecule has 0 aliphatic rings. The second-order valence-electron chi connectivity index (χ2n) is 8.70. The molecule has 0 fully saturated rings. The Morgan fingerprint density at radius 3 is 2.45 bits per heavy atom. The Hall–Kier alpha value is -2.36. The molecule has 0 spiro atoms. The van der Waals surface area contributed by atoms with Gasteiger partial charge in [0.05, 0.1) is 11.8 Å². The van der Waals surface area contributed by atoms with Crippen LogP contribution in [0.2, 0.25) is 0 Å². The van der Waals surface area contributed by atoms with Gasteiger partial charge >= 0.3 is 0 Å². The van der Waals surface area contributed by atoms with Gasteiger partial charge in [0.15, 0.2) is 0 Å². The lowest BCUT2D eigenvalue weighted by Gasteiger charge is -2.21. The van der Waals surface area contributed by atoms with Gasteiger partial charge in [-0.05, 0) is 44.2 Å². The van der Waals surface area contributed by atoms with Crippen molar-refractivity contribution in [1.29, 1.82) is 5.26 Å². The third kappa shape index (κ3) is 7.52. The van der Waals surface area contributed by atoms with E-state index in [-0.39, 0.29) is 24.0 Å². The normalized spacial score (nSPS) is 12.4. The highest BCUT2D eigenvalue weighted by Gasteiger charge is 2.21. The van der Waals surface area contributed by atoms with E-state index in [2.05, 4.69) is 80.2 Å². The van der Waals surface area contributed by atoms with E-state index >= 15 is 0 Å². The van der Waals surface area contributed by atoms with Crippen molar-refractivity contribution >= 4 is 22.9 Å². The Bertz CT molecular complexity index is 828. The second kappa shape index (κ2) is 10.4. The third-order valence-corrected chi connectivity index (χ3v) is 5.19. The number of nitrogens with zero attached hydrogens (tertiary/aromatic N) is 1. The van der Waals surface area contributed by atoms with Crippen LogP contribution < -0.4 is 16.0 Å². The van der Waals surface area contributed by atoms with E-state index in [1.54, 1.807) is 11.3 Å². The number of amides is 1. The van der Waals surface area contributed by atoms with Crippen molar-refractivity contribution in [1.82, 2.24) is 10.6 Å². The molecule has 0 aliphatic carbocycles. The Kier molecular flexibility index (Phi) is 8.24. The number of carbonyl (C=O) groups excluding carboxylic acids is 1. The number of carbonyl (C=O) groups is 1. The number of nitrogens with one attached hydrogen (secondary N) is 3. The average Bonchev–Trinajstić information content (AvgIpc) is 3.11. The first-order valence-corrected chi connectivity index (χ1v) is 11.0. The summed E-state index contributed by atoms with van der Waals surface area (Å²) in [6.07, 6.45) is 0.698. The van der Waals surface area contributed by atoms with E-state index in [1.165, 1.54) is 5.56 Å². The van der Waals surface area contributed by atoms with Crippen molar-refractivity contribution in [2.75, 3.05) is 11.9 Å². The van der Waals surface area contributed by atoms with Crippen molar-refractivity contribution in [2.24, 2.45) is 5.92 Å². The van der Waals surface area contributed by atoms with E-state index in [1.807, 2.05) is 11.4 Å². The van der Waals surface area contributed by atoms with Gasteiger partial charge in [-0.1, -0.05) is 38.1 Å². The summed E-state index contributed by atoms with van der Waals surface area (Å²) in [7, 11) is 0. The molecule has 6 heteroatoms. The number of benzene rings is 1. The zero-order valence-electron chi connectivity index (χ0n) is 18.0. The average molecular weight is 413 g/mol. The van der Waals surface area contributed by atoms with Crippen LogP contribution in [0.3, 0.4) is 0 Å². The molecule has 0 radical (unpaired) electrons. The molecule has 0 saturated heterocycles. The van der Waals surface area contributed by atoms with E-state index < -0.39 is 0 Å². The smallest absolute Gasteiger partial charge is 0.243 e. The first kappa shape index (κ1) is 22.9. The van der Waals surface area contributed by atoms with Gasteiger partial charge in [-0.3, -0.25) is 4.79 Å². The van der Waals surface area contributed by atoms with Crippen molar-refractivity contribution < 1.29 is 4.79 Å². The summed E-state index contributed by atoms with van der Waals surface area (Å²) in [5.41, 5.74) is 4.48. The number of hydrogen-bond donors (Lipinski definition) is 3. The van der Waals surface area contributed by atoms with Crippen LogP contribution in [0.15, 0.2) is 35.0 Å². The highest BCUT2D eigenvalue weighted by Crippen LogP contribution is 2.33. The number of rotatable bonds is 9. The number of nitriles is 1. The van der Waals surface area contributed by atoms with E-state index in [9.17, 15) is 4.79 Å². The maximum absolute atomic E-state index is 12.5. The van der Waals surface area contributed by atoms with Crippen LogP contribution in [-0.2, 0) is 11.3 Å². The molecule has 1 atom stereocenters. The first-order chi connectivity index (χ1) is 13.7. The van der Waals surface area contributed by atoms with Gasteiger partial charge in [0.2, 0.25) is 5.91 Å². The molecule has 0 saturated carbocycles. The molecule has 1 aromatic carbocycles. The van der Waals surface area contributed by atoms with Crippen LogP contribution in [0.5, 0.6) is 0 Å². The molecule has 3 N–H and O–H groups in total. The summed E-state index contributed by atoms with van der Waals surface area (Å²) in [5, 5.41) is 22.5. The number of anilines is 1. The molecule has 5 nitrogen and oxygen atoms in total. The number of thiophene rings is 1. The van der Waals surface area contributed by atoms with Crippen molar-refractivity contribution in [3.63, 3.8) is 0 Å². The fourth-order valence-corrected chi connectivity index (χ4v) is 3.74. The SMILES string of the molecule is CC(C)C[C@H](Nc1cscc1-c1ccc(CNC(C)(C)C)cc1)C(=O)NCC#N. The fraction of sp³-hybridized carbons (Fsp3) is 0.478. The predicted octanol–water partition coefficient (Wildman–Crippen LogP) is 4.77. The van der Waals surface area contributed by atoms with Crippen molar-refractivity contribution in [3.05, 3.63) is 40.6 Å². The molecule has 156 valence electrons. The minimum atomic E-state index is -0.369. The molecule has 1 heterocycles. The third-order valence-electron chi connectivity index (χ3n) is 4.44. The zero-order chi connectivity index (χ0) is 21.4. The van der Waals surface area contributed by atoms with Crippen LogP contribution in [0.4, 0.5) is 5.69 Å². The second-order valence-corrected chi connectivity index (χ2v) is 9.45. The van der Waals surface area contributed by atoms with E-state index in [0.717, 1.165) is 23.4 Å². The van der Waals surface area contributed by atoms with Gasteiger partial charge in [-0.2, -0.15) is 5.26 Å². The molecule has 29 heavy (non-hydrogen) atoms. The summed E-state index contributed by atoms with van der Waals surface area (Å²) in [4.78, 5) is 12.5. The molecule has 0 aliphatic heterocycles. The van der Waals surface area contributed by atoms with Gasteiger partial charge in [0, 0.05) is 28.4 Å². The molecule has 0 bridgehead atoms. The number of hydrogen-bond acceptors (Lipinski definition) is 5. The van der Waals surface area contributed by atoms with Gasteiger partial charge in [0.1, 0.15) is 12.6 Å². The highest BCUT2D eigenvalue weighted by molar-refractivity contribution is 7.08. The molecular formula is C23H32N4OS. The first-order valence-electron chi connectivity index (χ1n) is 10.0. The molecule has 2 rings (SSSR count). The standard InChI is InChI=1S/C23H32N4OS/c1-16(2)12-20(22(28)25-11-10-24)27-21-15-29-14-19(21)18-8-6-17(7-9-18)13-26-23(3,4)5/h6-9,14-16,20,26-27H,11-13H2,1-5H3,(H,25,28)/t20-/m0/s1. The molecule has 1 amide bonds. The lowest BCUT2D eigenvalue weighted by molar-refractivity contribution is -0.121. The van der Waals surface area contributed by atoms with Crippen LogP contribution in [0.1, 0.15) is 46.6 Å². The maximum atomic E-state index is 12.5. The van der Waals surface area contributed by atoms with Gasteiger partial charge < -0.3 is 16.0 Å². The van der Waals surface area contributed by atoms with Crippen LogP contribution in [0.25, 0.3) is 11.1 Å². The zero-order valence-corrected chi connectivity index (χ0v) is 18.8. The topological polar surface area (TPSA) is 76.9 Å². The van der Waals surface area contributed by atoms with Crippen molar-refractivity contribution in [3.8, 4) is 17.2 Å². The summed E-state index contributed by atoms with van der Waals surface area (Å²) < 4.78 is 0. The summed E-state index contributed by atoms with van der Waals surface area (Å²) in [6, 6.07) is 10.1. The predicted molar refractivity (Wildman–Crippen MR) is 122 cm³/mol. The van der Waals surface area contributed by atoms with E-state index in [4.69, 9.17) is 5.26 Å². The summed E-state index contributed by atoms with van der Waals surface area (Å²) in [5.74, 6) is 0.220. The van der Waals surface area contributed by atoms with Gasteiger partial charge in [-0.15, -0.1) is 11.3 Å². The Morgan fingerprint density at radius 2 is 1.86 bits per heavy atom. The fourth-order valence-electron chi connectivity index (χ4n) is 2.94. The summed E-state index contributed by atoms with van der Waals surface area (Å²) >= 11 is 1.61. The minimum Gasteiger partial charge on any atom is -0.372 e. The highest BCUT2D eigenvalue weighted by atomic mass is 32.1. The quantitative estimate of drug-likeness (QED) is 0.519. The Morgan fingerprint density at radius 1 is 1.17 bits per heavy atom. The Labute approximate surface area is 178 Å². The lowest BCUT2D eigenvalue weighted by Crippen LogP contribution is -2.40. The van der Waals surface area contributed by atoms with E-state index in [0.29, 0.717) is 12.3 Å². The van der Waals surface area contributed by atoms with Crippen LogP contribution >= 0.6 is 11.3 Å². The van der Waals surface area contributed by atoms with Gasteiger partial charge in [-0.25, -0.2) is 0 Å². The summed E-state index contributed by atoms with van der Waals surface area (Å²) in [6.45, 7) is 11.5. The molecular weight excluding hydrogens is 380 g/mol. The monoisotopic (exact) mass is 412 g/mol. The maximum Gasteiger partial charge on any atom is 0.243 e. The van der Waals surface area contributed by atoms with Gasteiger partial charge in [0.25, 0.3) is 0 Å². The minimum absolute atomic E-state index is 0.0235. The molecule has 1 aromatic heterocycles. The largest absolute Gasteiger partial charge is 0.372 e. The molecule has 0 unspecified atom stereocenters. The lowest BCUT2D eigenvalue weighted by atomic mass is 10.0. The van der Waals surface area contributed by atoms with Crippen LogP contribution in [0, 0.1) is 17.2 Å². The molecule has 2 aromatic rings. The Balaban J connectivity index is 2.14.